The number of hydrogen-bond acceptors (Lipinski definition) is 5. The van der Waals surface area contributed by atoms with Crippen LogP contribution in [0.2, 0.25) is 5.02 Å². The van der Waals surface area contributed by atoms with Crippen molar-refractivity contribution in [3.05, 3.63) is 35.2 Å². The van der Waals surface area contributed by atoms with E-state index in [4.69, 9.17) is 11.6 Å². The minimum atomic E-state index is 0.637. The fourth-order valence-electron chi connectivity index (χ4n) is 1.68. The van der Waals surface area contributed by atoms with Crippen LogP contribution in [-0.2, 0) is 6.42 Å². The molecule has 106 valence electrons. The first-order valence-corrected chi connectivity index (χ1v) is 7.82. The molecule has 0 unspecified atom stereocenters. The van der Waals surface area contributed by atoms with Crippen LogP contribution >= 0.6 is 23.4 Å². The Labute approximate surface area is 128 Å². The third-order valence-electron chi connectivity index (χ3n) is 2.51. The summed E-state index contributed by atoms with van der Waals surface area (Å²) in [7, 11) is 0. The third-order valence-corrected chi connectivity index (χ3v) is 3.86. The maximum absolute atomic E-state index is 6.13. The molecular formula is C14H17ClN4S. The molecular weight excluding hydrogens is 292 g/mol. The van der Waals surface area contributed by atoms with Crippen molar-refractivity contribution in [3.63, 3.8) is 0 Å². The first-order chi connectivity index (χ1) is 9.72. The zero-order chi connectivity index (χ0) is 14.4. The molecule has 0 aliphatic rings. The molecule has 0 aromatic carbocycles. The Bertz CT molecular complexity index is 553. The molecule has 0 saturated heterocycles. The number of halogens is 1. The van der Waals surface area contributed by atoms with Gasteiger partial charge in [-0.05, 0) is 37.2 Å². The number of aromatic nitrogens is 3. The highest BCUT2D eigenvalue weighted by Gasteiger charge is 2.08. The molecule has 2 aromatic heterocycles. The van der Waals surface area contributed by atoms with Crippen molar-refractivity contribution < 1.29 is 0 Å². The molecule has 0 spiro atoms. The summed E-state index contributed by atoms with van der Waals surface area (Å²) >= 11 is 7.59. The van der Waals surface area contributed by atoms with Crippen LogP contribution in [0.15, 0.2) is 34.4 Å². The molecule has 0 fully saturated rings. The van der Waals surface area contributed by atoms with Crippen LogP contribution in [-0.4, -0.2) is 21.5 Å². The highest BCUT2D eigenvalue weighted by atomic mass is 35.5. The van der Waals surface area contributed by atoms with Crippen molar-refractivity contribution in [2.24, 2.45) is 0 Å². The van der Waals surface area contributed by atoms with Gasteiger partial charge in [0, 0.05) is 25.2 Å². The summed E-state index contributed by atoms with van der Waals surface area (Å²) in [6, 6.07) is 5.58. The van der Waals surface area contributed by atoms with Crippen molar-refractivity contribution in [1.82, 2.24) is 15.0 Å². The smallest absolute Gasteiger partial charge is 0.132 e. The molecule has 0 aliphatic carbocycles. The highest BCUT2D eigenvalue weighted by Crippen LogP contribution is 2.31. The summed E-state index contributed by atoms with van der Waals surface area (Å²) < 4.78 is 0. The number of nitrogens with zero attached hydrogens (tertiary/aromatic N) is 3. The Morgan fingerprint density at radius 1 is 1.30 bits per heavy atom. The summed E-state index contributed by atoms with van der Waals surface area (Å²) in [6.45, 7) is 4.99. The maximum Gasteiger partial charge on any atom is 0.132 e. The van der Waals surface area contributed by atoms with Gasteiger partial charge in [-0.3, -0.25) is 0 Å². The minimum Gasteiger partial charge on any atom is -0.370 e. The van der Waals surface area contributed by atoms with E-state index in [0.29, 0.717) is 5.02 Å². The van der Waals surface area contributed by atoms with Crippen molar-refractivity contribution in [1.29, 1.82) is 0 Å². The highest BCUT2D eigenvalue weighted by molar-refractivity contribution is 7.99. The van der Waals surface area contributed by atoms with Crippen LogP contribution in [0.3, 0.4) is 0 Å². The van der Waals surface area contributed by atoms with Gasteiger partial charge in [0.05, 0.1) is 5.02 Å². The van der Waals surface area contributed by atoms with Gasteiger partial charge in [-0.2, -0.15) is 0 Å². The quantitative estimate of drug-likeness (QED) is 0.816. The molecule has 0 saturated carbocycles. The van der Waals surface area contributed by atoms with Crippen LogP contribution < -0.4 is 5.32 Å². The van der Waals surface area contributed by atoms with E-state index in [1.54, 1.807) is 6.20 Å². The second-order valence-electron chi connectivity index (χ2n) is 4.18. The first kappa shape index (κ1) is 15.1. The van der Waals surface area contributed by atoms with Crippen LogP contribution in [0, 0.1) is 0 Å². The number of hydrogen-bond donors (Lipinski definition) is 1. The van der Waals surface area contributed by atoms with Gasteiger partial charge in [0.2, 0.25) is 0 Å². The molecule has 0 radical (unpaired) electrons. The lowest BCUT2D eigenvalue weighted by molar-refractivity contribution is 0.809. The van der Waals surface area contributed by atoms with Gasteiger partial charge in [0.1, 0.15) is 21.7 Å². The van der Waals surface area contributed by atoms with Crippen molar-refractivity contribution in [2.45, 2.75) is 36.7 Å². The standard InChI is InChI=1S/C14H17ClN4S/c1-3-6-11-18-12(16-4-2)9-13(19-11)20-14-10(15)7-5-8-17-14/h5,7-9H,3-4,6H2,1-2H3,(H,16,18,19). The van der Waals surface area contributed by atoms with Gasteiger partial charge < -0.3 is 5.32 Å². The molecule has 6 heteroatoms. The number of rotatable bonds is 6. The summed E-state index contributed by atoms with van der Waals surface area (Å²) in [5.74, 6) is 1.70. The summed E-state index contributed by atoms with van der Waals surface area (Å²) in [5.41, 5.74) is 0. The molecule has 0 aliphatic heterocycles. The molecule has 20 heavy (non-hydrogen) atoms. The zero-order valence-electron chi connectivity index (χ0n) is 11.6. The molecule has 4 nitrogen and oxygen atoms in total. The van der Waals surface area contributed by atoms with E-state index in [2.05, 4.69) is 27.2 Å². The van der Waals surface area contributed by atoms with Gasteiger partial charge >= 0.3 is 0 Å². The Morgan fingerprint density at radius 2 is 2.15 bits per heavy atom. The summed E-state index contributed by atoms with van der Waals surface area (Å²) in [4.78, 5) is 13.3. The lowest BCUT2D eigenvalue weighted by Gasteiger charge is -2.08. The fourth-order valence-corrected chi connectivity index (χ4v) is 2.71. The topological polar surface area (TPSA) is 50.7 Å². The number of anilines is 1. The molecule has 2 rings (SSSR count). The van der Waals surface area contributed by atoms with Crippen LogP contribution in [0.25, 0.3) is 0 Å². The molecule has 2 aromatic rings. The Morgan fingerprint density at radius 3 is 2.85 bits per heavy atom. The number of pyridine rings is 1. The van der Waals surface area contributed by atoms with E-state index in [-0.39, 0.29) is 0 Å². The monoisotopic (exact) mass is 308 g/mol. The molecule has 0 bridgehead atoms. The zero-order valence-corrected chi connectivity index (χ0v) is 13.1. The fraction of sp³-hybridized carbons (Fsp3) is 0.357. The van der Waals surface area contributed by atoms with Gasteiger partial charge in [-0.25, -0.2) is 15.0 Å². The summed E-state index contributed by atoms with van der Waals surface area (Å²) in [5, 5.41) is 5.49. The number of aryl methyl sites for hydroxylation is 1. The second kappa shape index (κ2) is 7.45. The van der Waals surface area contributed by atoms with Crippen LogP contribution in [0.5, 0.6) is 0 Å². The van der Waals surface area contributed by atoms with Gasteiger partial charge in [0.25, 0.3) is 0 Å². The van der Waals surface area contributed by atoms with E-state index in [1.807, 2.05) is 25.1 Å². The van der Waals surface area contributed by atoms with Crippen molar-refractivity contribution in [2.75, 3.05) is 11.9 Å². The second-order valence-corrected chi connectivity index (χ2v) is 5.60. The van der Waals surface area contributed by atoms with Gasteiger partial charge in [0.15, 0.2) is 0 Å². The molecule has 2 heterocycles. The minimum absolute atomic E-state index is 0.637. The Hall–Kier alpha value is -1.33. The van der Waals surface area contributed by atoms with Crippen LogP contribution in [0.4, 0.5) is 5.82 Å². The van der Waals surface area contributed by atoms with E-state index < -0.39 is 0 Å². The number of nitrogens with one attached hydrogen (secondary N) is 1. The summed E-state index contributed by atoms with van der Waals surface area (Å²) in [6.07, 6.45) is 3.61. The molecule has 1 N–H and O–H groups in total. The van der Waals surface area contributed by atoms with E-state index >= 15 is 0 Å². The lowest BCUT2D eigenvalue weighted by atomic mass is 10.3. The Kier molecular flexibility index (Phi) is 5.61. The predicted octanol–water partition coefficient (Wildman–Crippen LogP) is 4.06. The van der Waals surface area contributed by atoms with Crippen LogP contribution in [0.1, 0.15) is 26.1 Å². The maximum atomic E-state index is 6.13. The van der Waals surface area contributed by atoms with E-state index in [1.165, 1.54) is 11.8 Å². The molecule has 0 amide bonds. The lowest BCUT2D eigenvalue weighted by Crippen LogP contribution is -2.04. The average Bonchev–Trinajstić information content (AvgIpc) is 2.42. The molecule has 0 atom stereocenters. The normalized spacial score (nSPS) is 10.6. The van der Waals surface area contributed by atoms with Crippen molar-refractivity contribution in [3.8, 4) is 0 Å². The first-order valence-electron chi connectivity index (χ1n) is 6.63. The SMILES string of the molecule is CCCc1nc(NCC)cc(Sc2ncccc2Cl)n1. The van der Waals surface area contributed by atoms with Gasteiger partial charge in [-0.15, -0.1) is 0 Å². The van der Waals surface area contributed by atoms with E-state index in [0.717, 1.165) is 41.1 Å². The van der Waals surface area contributed by atoms with Crippen molar-refractivity contribution >= 4 is 29.2 Å². The van der Waals surface area contributed by atoms with E-state index in [9.17, 15) is 0 Å². The predicted molar refractivity (Wildman–Crippen MR) is 83.6 cm³/mol. The van der Waals surface area contributed by atoms with Gasteiger partial charge in [-0.1, -0.05) is 18.5 Å². The Balaban J connectivity index is 2.28. The third kappa shape index (κ3) is 4.08. The average molecular weight is 309 g/mol. The largest absolute Gasteiger partial charge is 0.370 e.